The number of pyridine rings is 1. The van der Waals surface area contributed by atoms with E-state index in [1.807, 2.05) is 0 Å². The zero-order chi connectivity index (χ0) is 22.5. The molecule has 1 aromatic carbocycles. The third-order valence-corrected chi connectivity index (χ3v) is 5.25. The number of ether oxygens (including phenoxy) is 3. The minimum Gasteiger partial charge on any atom is -0.493 e. The number of aromatic nitrogens is 1. The molecule has 3 rings (SSSR count). The molecule has 0 radical (unpaired) electrons. The molecule has 2 aromatic rings. The maximum absolute atomic E-state index is 12.9. The lowest BCUT2D eigenvalue weighted by molar-refractivity contribution is 0.0723. The number of hydrogen-bond acceptors (Lipinski definition) is 6. The molecule has 9 heteroatoms. The van der Waals surface area contributed by atoms with Gasteiger partial charge in [-0.05, 0) is 37.5 Å². The van der Waals surface area contributed by atoms with E-state index < -0.39 is 11.5 Å². The van der Waals surface area contributed by atoms with E-state index in [-0.39, 0.29) is 17.2 Å². The molecule has 0 atom stereocenters. The zero-order valence-corrected chi connectivity index (χ0v) is 18.2. The van der Waals surface area contributed by atoms with Crippen molar-refractivity contribution >= 4 is 17.5 Å². The van der Waals surface area contributed by atoms with Crippen molar-refractivity contribution in [2.75, 3.05) is 39.7 Å². The molecule has 1 saturated heterocycles. The summed E-state index contributed by atoms with van der Waals surface area (Å²) in [6, 6.07) is 4.41. The van der Waals surface area contributed by atoms with Crippen LogP contribution >= 0.6 is 0 Å². The van der Waals surface area contributed by atoms with Gasteiger partial charge in [0, 0.05) is 31.9 Å². The largest absolute Gasteiger partial charge is 0.493 e. The number of rotatable bonds is 6. The Balaban J connectivity index is 1.91. The summed E-state index contributed by atoms with van der Waals surface area (Å²) in [4.78, 5) is 40.1. The second-order valence-electron chi connectivity index (χ2n) is 7.28. The summed E-state index contributed by atoms with van der Waals surface area (Å²) < 4.78 is 17.1. The first-order chi connectivity index (χ1) is 14.9. The van der Waals surface area contributed by atoms with Gasteiger partial charge in [-0.15, -0.1) is 0 Å². The van der Waals surface area contributed by atoms with Crippen LogP contribution in [0.4, 0.5) is 5.69 Å². The van der Waals surface area contributed by atoms with Gasteiger partial charge in [0.15, 0.2) is 11.5 Å². The quantitative estimate of drug-likeness (QED) is 0.757. The maximum atomic E-state index is 12.9. The minimum atomic E-state index is -0.543. The molecule has 31 heavy (non-hydrogen) atoms. The normalized spacial score (nSPS) is 13.5. The summed E-state index contributed by atoms with van der Waals surface area (Å²) in [6.45, 7) is 1.38. The van der Waals surface area contributed by atoms with Gasteiger partial charge in [0.2, 0.25) is 5.75 Å². The number of methoxy groups -OCH3 is 3. The van der Waals surface area contributed by atoms with Gasteiger partial charge in [-0.3, -0.25) is 14.4 Å². The average molecular weight is 429 g/mol. The van der Waals surface area contributed by atoms with Crippen LogP contribution in [0, 0.1) is 0 Å². The SMILES string of the molecule is COc1cc(C(=O)Nc2cc(C(=O)N3CCCCC3)cn(C)c2=O)cc(OC)c1OC. The number of piperidine rings is 1. The van der Waals surface area contributed by atoms with E-state index in [0.29, 0.717) is 35.9 Å². The molecule has 1 aliphatic heterocycles. The van der Waals surface area contributed by atoms with Crippen molar-refractivity contribution in [3.05, 3.63) is 45.9 Å². The Morgan fingerprint density at radius 3 is 2.06 bits per heavy atom. The third kappa shape index (κ3) is 4.65. The van der Waals surface area contributed by atoms with Crippen LogP contribution in [0.1, 0.15) is 40.0 Å². The second-order valence-corrected chi connectivity index (χ2v) is 7.28. The second kappa shape index (κ2) is 9.55. The van der Waals surface area contributed by atoms with Crippen molar-refractivity contribution < 1.29 is 23.8 Å². The van der Waals surface area contributed by atoms with Crippen LogP contribution in [-0.4, -0.2) is 55.7 Å². The lowest BCUT2D eigenvalue weighted by atomic mass is 10.1. The van der Waals surface area contributed by atoms with E-state index in [9.17, 15) is 14.4 Å². The Bertz CT molecular complexity index is 1020. The monoisotopic (exact) mass is 429 g/mol. The van der Waals surface area contributed by atoms with Crippen molar-refractivity contribution in [1.29, 1.82) is 0 Å². The van der Waals surface area contributed by atoms with Crippen molar-refractivity contribution in [3.63, 3.8) is 0 Å². The lowest BCUT2D eigenvalue weighted by Crippen LogP contribution is -2.36. The predicted octanol–water partition coefficient (Wildman–Crippen LogP) is 2.29. The molecule has 1 N–H and O–H groups in total. The summed E-state index contributed by atoms with van der Waals surface area (Å²) in [5.74, 6) is 0.284. The first-order valence-corrected chi connectivity index (χ1v) is 10.0. The molecular formula is C22H27N3O6. The average Bonchev–Trinajstić information content (AvgIpc) is 2.80. The van der Waals surface area contributed by atoms with E-state index in [4.69, 9.17) is 14.2 Å². The van der Waals surface area contributed by atoms with Crippen LogP contribution < -0.4 is 25.1 Å². The highest BCUT2D eigenvalue weighted by molar-refractivity contribution is 6.05. The van der Waals surface area contributed by atoms with Gasteiger partial charge in [0.1, 0.15) is 5.69 Å². The topological polar surface area (TPSA) is 99.1 Å². The third-order valence-electron chi connectivity index (χ3n) is 5.25. The fourth-order valence-electron chi connectivity index (χ4n) is 3.60. The molecule has 0 spiro atoms. The number of nitrogens with zero attached hydrogens (tertiary/aromatic N) is 2. The Labute approximate surface area is 180 Å². The minimum absolute atomic E-state index is 0.0177. The number of aryl methyl sites for hydroxylation is 1. The molecule has 1 aromatic heterocycles. The van der Waals surface area contributed by atoms with Crippen molar-refractivity contribution in [2.24, 2.45) is 7.05 Å². The molecular weight excluding hydrogens is 402 g/mol. The standard InChI is InChI=1S/C22H27N3O6/c1-24-13-15(21(27)25-8-6-5-7-9-25)10-16(22(24)28)23-20(26)14-11-17(29-2)19(31-4)18(12-14)30-3/h10-13H,5-9H2,1-4H3,(H,23,26). The van der Waals surface area contributed by atoms with Crippen molar-refractivity contribution in [1.82, 2.24) is 9.47 Å². The summed E-state index contributed by atoms with van der Waals surface area (Å²) in [7, 11) is 5.91. The molecule has 0 unspecified atom stereocenters. The van der Waals surface area contributed by atoms with Crippen molar-refractivity contribution in [2.45, 2.75) is 19.3 Å². The highest BCUT2D eigenvalue weighted by Crippen LogP contribution is 2.38. The van der Waals surface area contributed by atoms with Crippen LogP contribution in [0.5, 0.6) is 17.2 Å². The highest BCUT2D eigenvalue weighted by atomic mass is 16.5. The fourth-order valence-corrected chi connectivity index (χ4v) is 3.60. The van der Waals surface area contributed by atoms with Crippen LogP contribution in [0.25, 0.3) is 0 Å². The lowest BCUT2D eigenvalue weighted by Gasteiger charge is -2.27. The van der Waals surface area contributed by atoms with E-state index in [1.165, 1.54) is 50.3 Å². The number of hydrogen-bond donors (Lipinski definition) is 1. The van der Waals surface area contributed by atoms with Gasteiger partial charge in [-0.1, -0.05) is 0 Å². The smallest absolute Gasteiger partial charge is 0.274 e. The van der Waals surface area contributed by atoms with Gasteiger partial charge in [0.25, 0.3) is 17.4 Å². The predicted molar refractivity (Wildman–Crippen MR) is 115 cm³/mol. The number of carbonyl (C=O) groups excluding carboxylic acids is 2. The summed E-state index contributed by atoms with van der Waals surface area (Å²) in [5.41, 5.74) is 0.161. The molecule has 2 heterocycles. The van der Waals surface area contributed by atoms with E-state index in [2.05, 4.69) is 5.32 Å². The number of amides is 2. The van der Waals surface area contributed by atoms with Crippen LogP contribution in [0.3, 0.4) is 0 Å². The van der Waals surface area contributed by atoms with E-state index >= 15 is 0 Å². The molecule has 0 bridgehead atoms. The number of benzene rings is 1. The van der Waals surface area contributed by atoms with Gasteiger partial charge in [-0.25, -0.2) is 0 Å². The first-order valence-electron chi connectivity index (χ1n) is 10.0. The molecule has 0 saturated carbocycles. The summed E-state index contributed by atoms with van der Waals surface area (Å²) in [5, 5.41) is 2.61. The van der Waals surface area contributed by atoms with Crippen molar-refractivity contribution in [3.8, 4) is 17.2 Å². The van der Waals surface area contributed by atoms with Crippen LogP contribution in [0.2, 0.25) is 0 Å². The molecule has 1 aliphatic rings. The summed E-state index contributed by atoms with van der Waals surface area (Å²) in [6.07, 6.45) is 4.52. The molecule has 166 valence electrons. The van der Waals surface area contributed by atoms with E-state index in [0.717, 1.165) is 19.3 Å². The number of carbonyl (C=O) groups is 2. The first kappa shape index (κ1) is 22.2. The molecule has 0 aliphatic carbocycles. The fraction of sp³-hybridized carbons (Fsp3) is 0.409. The Kier molecular flexibility index (Phi) is 6.84. The summed E-state index contributed by atoms with van der Waals surface area (Å²) >= 11 is 0. The number of nitrogens with one attached hydrogen (secondary N) is 1. The zero-order valence-electron chi connectivity index (χ0n) is 18.2. The Morgan fingerprint density at radius 2 is 1.52 bits per heavy atom. The van der Waals surface area contributed by atoms with Gasteiger partial charge in [0.05, 0.1) is 26.9 Å². The Hall–Kier alpha value is -3.49. The molecule has 1 fully saturated rings. The highest BCUT2D eigenvalue weighted by Gasteiger charge is 2.22. The van der Waals surface area contributed by atoms with Gasteiger partial charge >= 0.3 is 0 Å². The molecule has 2 amide bonds. The number of likely N-dealkylation sites (tertiary alicyclic amines) is 1. The van der Waals surface area contributed by atoms with Crippen LogP contribution in [0.15, 0.2) is 29.2 Å². The molecule has 9 nitrogen and oxygen atoms in total. The Morgan fingerprint density at radius 1 is 0.903 bits per heavy atom. The van der Waals surface area contributed by atoms with Crippen LogP contribution in [-0.2, 0) is 7.05 Å². The maximum Gasteiger partial charge on any atom is 0.274 e. The van der Waals surface area contributed by atoms with Gasteiger partial charge < -0.3 is 29.0 Å². The van der Waals surface area contributed by atoms with E-state index in [1.54, 1.807) is 11.9 Å². The van der Waals surface area contributed by atoms with Gasteiger partial charge in [-0.2, -0.15) is 0 Å². The number of anilines is 1.